The van der Waals surface area contributed by atoms with Crippen molar-refractivity contribution in [1.29, 1.82) is 0 Å². The molecule has 0 bridgehead atoms. The van der Waals surface area contributed by atoms with Gasteiger partial charge in [0.2, 0.25) is 0 Å². The Morgan fingerprint density at radius 1 is 0.662 bits per heavy atom. The maximum atomic E-state index is 14.6. The molecule has 330 valence electrons. The van der Waals surface area contributed by atoms with Crippen LogP contribution in [0, 0.1) is 23.7 Å². The molecule has 8 heteroatoms. The number of imide groups is 1. The highest BCUT2D eigenvalue weighted by molar-refractivity contribution is 6.36. The molecule has 3 aliphatic rings. The van der Waals surface area contributed by atoms with Gasteiger partial charge in [-0.05, 0) is 119 Å². The van der Waals surface area contributed by atoms with Crippen molar-refractivity contribution in [2.45, 2.75) is 25.7 Å². The number of aldehydes is 1. The molecular weight excluding hydrogens is 845 g/mol. The Bertz CT molecular complexity index is 3360. The summed E-state index contributed by atoms with van der Waals surface area (Å²) in [6.45, 7) is 7.76. The highest BCUT2D eigenvalue weighted by Gasteiger charge is 2.41. The molecule has 1 aliphatic heterocycles. The summed E-state index contributed by atoms with van der Waals surface area (Å²) in [5, 5.41) is 4.70. The van der Waals surface area contributed by atoms with Crippen molar-refractivity contribution in [3.63, 3.8) is 0 Å². The number of hydrogen-bond donors (Lipinski definition) is 1. The molecule has 0 unspecified atom stereocenters. The number of rotatable bonds is 12. The lowest BCUT2D eigenvalue weighted by Crippen LogP contribution is -2.30. The summed E-state index contributed by atoms with van der Waals surface area (Å²) in [5.74, 6) is 13.0. The smallest absolute Gasteiger partial charge is 0.267 e. The van der Waals surface area contributed by atoms with Crippen molar-refractivity contribution in [1.82, 2.24) is 0 Å². The predicted octanol–water partition coefficient (Wildman–Crippen LogP) is 11.7. The largest absolute Gasteiger partial charge is 0.497 e. The molecule has 68 heavy (non-hydrogen) atoms. The first-order valence-corrected chi connectivity index (χ1v) is 22.1. The Hall–Kier alpha value is -8.98. The molecule has 1 N–H and O–H groups in total. The fourth-order valence-electron chi connectivity index (χ4n) is 8.94. The third-order valence-electron chi connectivity index (χ3n) is 12.3. The quantitative estimate of drug-likeness (QED) is 0.0568. The fourth-order valence-corrected chi connectivity index (χ4v) is 8.94. The molecule has 6 aromatic rings. The zero-order valence-electron chi connectivity index (χ0n) is 37.6. The topological polar surface area (TPSA) is 102 Å². The van der Waals surface area contributed by atoms with Gasteiger partial charge in [0.05, 0.1) is 36.6 Å². The highest BCUT2D eigenvalue weighted by Crippen LogP contribution is 2.40. The molecule has 0 saturated heterocycles. The van der Waals surface area contributed by atoms with Gasteiger partial charge in [0.1, 0.15) is 11.5 Å². The van der Waals surface area contributed by atoms with Crippen LogP contribution in [0.3, 0.4) is 0 Å². The number of ether oxygens (including phenoxy) is 2. The number of anilines is 2. The van der Waals surface area contributed by atoms with Crippen LogP contribution >= 0.6 is 0 Å². The molecule has 3 amide bonds. The van der Waals surface area contributed by atoms with Gasteiger partial charge in [-0.25, -0.2) is 4.90 Å². The van der Waals surface area contributed by atoms with Crippen molar-refractivity contribution in [3.8, 4) is 35.2 Å². The molecule has 0 fully saturated rings. The second-order valence-corrected chi connectivity index (χ2v) is 16.2. The minimum absolute atomic E-state index is 0.160. The van der Waals surface area contributed by atoms with Crippen molar-refractivity contribution >= 4 is 57.3 Å². The summed E-state index contributed by atoms with van der Waals surface area (Å²) in [6, 6.07) is 29.5. The molecule has 6 aromatic carbocycles. The van der Waals surface area contributed by atoms with Gasteiger partial charge >= 0.3 is 0 Å². The number of amides is 3. The number of nitrogens with zero attached hydrogens (tertiary/aromatic N) is 1. The van der Waals surface area contributed by atoms with E-state index in [2.05, 4.69) is 42.2 Å². The molecule has 0 saturated carbocycles. The van der Waals surface area contributed by atoms with Gasteiger partial charge in [-0.1, -0.05) is 109 Å². The first-order valence-electron chi connectivity index (χ1n) is 22.1. The number of methoxy groups -OCH3 is 2. The zero-order valence-corrected chi connectivity index (χ0v) is 37.6. The molecule has 2 aliphatic carbocycles. The molecule has 9 rings (SSSR count). The summed E-state index contributed by atoms with van der Waals surface area (Å²) in [6.07, 6.45) is 18.2. The molecule has 1 heterocycles. The number of carbonyl (C=O) groups is 4. The standard InChI is InChI=1S/C60H44N2O6/c1-5-13-38-23-26-44(55(52(38)37-63)58(64)61-53-33-31-46(67-3)35-50(53)39-15-7-8-16-39)27-24-41-21-22-42(49-20-12-11-19-48(41)49)25-28-45-30-29-43(14-6-2)56-57(45)60(66)62(59(56)65)54-34-32-47(68-4)36-51(54)40-17-9-10-18-40/h5-12,15,17,19-23,26,29-37H,1-2,13-14,16,18H2,3-4H3,(H,61,64). The Kier molecular flexibility index (Phi) is 12.5. The van der Waals surface area contributed by atoms with E-state index in [0.717, 1.165) is 33.0 Å². The number of hydrogen-bond acceptors (Lipinski definition) is 6. The Labute approximate surface area is 395 Å². The summed E-state index contributed by atoms with van der Waals surface area (Å²) >= 11 is 0. The highest BCUT2D eigenvalue weighted by atomic mass is 16.5. The van der Waals surface area contributed by atoms with Crippen LogP contribution in [0.25, 0.3) is 21.9 Å². The minimum atomic E-state index is -0.476. The Balaban J connectivity index is 1.08. The lowest BCUT2D eigenvalue weighted by atomic mass is 9.93. The van der Waals surface area contributed by atoms with E-state index in [-0.39, 0.29) is 16.7 Å². The molecule has 0 spiro atoms. The van der Waals surface area contributed by atoms with Crippen LogP contribution < -0.4 is 19.7 Å². The van der Waals surface area contributed by atoms with E-state index >= 15 is 0 Å². The first-order chi connectivity index (χ1) is 33.3. The number of carbonyl (C=O) groups excluding carboxylic acids is 4. The number of fused-ring (bicyclic) bond motifs is 2. The Morgan fingerprint density at radius 2 is 1.21 bits per heavy atom. The third kappa shape index (κ3) is 8.28. The Morgan fingerprint density at radius 3 is 1.82 bits per heavy atom. The number of benzene rings is 6. The van der Waals surface area contributed by atoms with Crippen molar-refractivity contribution in [2.75, 3.05) is 24.4 Å². The van der Waals surface area contributed by atoms with Crippen LogP contribution in [-0.2, 0) is 12.8 Å². The minimum Gasteiger partial charge on any atom is -0.497 e. The van der Waals surface area contributed by atoms with E-state index in [4.69, 9.17) is 9.47 Å². The number of allylic oxidation sites excluding steroid dienone is 10. The molecular formula is C60H44N2O6. The van der Waals surface area contributed by atoms with Gasteiger partial charge < -0.3 is 14.8 Å². The van der Waals surface area contributed by atoms with Gasteiger partial charge in [0, 0.05) is 44.6 Å². The molecule has 0 radical (unpaired) electrons. The van der Waals surface area contributed by atoms with E-state index in [1.807, 2.05) is 91.1 Å². The third-order valence-corrected chi connectivity index (χ3v) is 12.3. The molecule has 0 aromatic heterocycles. The molecule has 8 nitrogen and oxygen atoms in total. The number of nitrogens with one attached hydrogen (secondary N) is 1. The monoisotopic (exact) mass is 888 g/mol. The van der Waals surface area contributed by atoms with Gasteiger partial charge in [-0.15, -0.1) is 13.2 Å². The van der Waals surface area contributed by atoms with Gasteiger partial charge in [-0.2, -0.15) is 0 Å². The van der Waals surface area contributed by atoms with Crippen molar-refractivity contribution < 1.29 is 28.7 Å². The first kappa shape index (κ1) is 44.2. The zero-order chi connectivity index (χ0) is 47.3. The van der Waals surface area contributed by atoms with E-state index in [1.54, 1.807) is 68.8 Å². The van der Waals surface area contributed by atoms with E-state index in [0.29, 0.717) is 93.8 Å². The van der Waals surface area contributed by atoms with Crippen molar-refractivity contribution in [3.05, 3.63) is 226 Å². The van der Waals surface area contributed by atoms with E-state index in [1.165, 1.54) is 4.90 Å². The van der Waals surface area contributed by atoms with Crippen LogP contribution in [0.2, 0.25) is 0 Å². The van der Waals surface area contributed by atoms with Crippen LogP contribution in [0.15, 0.2) is 159 Å². The van der Waals surface area contributed by atoms with E-state index in [9.17, 15) is 19.2 Å². The summed E-state index contributed by atoms with van der Waals surface area (Å²) in [5.41, 5.74) is 9.05. The maximum absolute atomic E-state index is 14.6. The van der Waals surface area contributed by atoms with Crippen LogP contribution in [0.5, 0.6) is 11.5 Å². The SMILES string of the molecule is C=CCc1ccc(C#Cc2ccc(C#Cc3ccc(CC=C)c4c3C(=O)N(c3ccc(OC)cc3C3=CC=CC3)C4=O)c3ccccc23)c(C(=O)Nc2ccc(OC)cc2C2=CC=CC2)c1C=O. The van der Waals surface area contributed by atoms with E-state index < -0.39 is 17.7 Å². The van der Waals surface area contributed by atoms with Crippen LogP contribution in [-0.4, -0.2) is 38.2 Å². The average molecular weight is 889 g/mol. The second-order valence-electron chi connectivity index (χ2n) is 16.2. The normalized spacial score (nSPS) is 13.2. The maximum Gasteiger partial charge on any atom is 0.267 e. The lowest BCUT2D eigenvalue weighted by Gasteiger charge is -2.20. The summed E-state index contributed by atoms with van der Waals surface area (Å²) in [7, 11) is 3.18. The predicted molar refractivity (Wildman–Crippen MR) is 271 cm³/mol. The van der Waals surface area contributed by atoms with Gasteiger partial charge in [-0.3, -0.25) is 19.2 Å². The van der Waals surface area contributed by atoms with Crippen LogP contribution in [0.4, 0.5) is 11.4 Å². The fraction of sp³-hybridized carbons (Fsp3) is 0.100. The second kappa shape index (κ2) is 19.2. The van der Waals surface area contributed by atoms with Crippen LogP contribution in [0.1, 0.15) is 98.8 Å². The molecule has 0 atom stereocenters. The summed E-state index contributed by atoms with van der Waals surface area (Å²) in [4.78, 5) is 57.4. The van der Waals surface area contributed by atoms with Gasteiger partial charge in [0.25, 0.3) is 17.7 Å². The summed E-state index contributed by atoms with van der Waals surface area (Å²) < 4.78 is 11.0. The van der Waals surface area contributed by atoms with Gasteiger partial charge in [0.15, 0.2) is 6.29 Å². The van der Waals surface area contributed by atoms with Crippen molar-refractivity contribution in [2.24, 2.45) is 0 Å². The lowest BCUT2D eigenvalue weighted by molar-refractivity contribution is 0.0924. The average Bonchev–Trinajstić information content (AvgIpc) is 4.16.